The second-order valence-corrected chi connectivity index (χ2v) is 8.26. The second-order valence-electron chi connectivity index (χ2n) is 6.49. The Bertz CT molecular complexity index is 1220. The first-order valence-corrected chi connectivity index (χ1v) is 11.5. The average Bonchev–Trinajstić information content (AvgIpc) is 3.21. The van der Waals surface area contributed by atoms with E-state index in [-0.39, 0.29) is 0 Å². The Kier molecular flexibility index (Phi) is 6.20. The highest BCUT2D eigenvalue weighted by atomic mass is 32.2. The molecule has 160 valence electrons. The van der Waals surface area contributed by atoms with Crippen LogP contribution in [0.4, 0.5) is 0 Å². The predicted octanol–water partition coefficient (Wildman–Crippen LogP) is 5.78. The fourth-order valence-electron chi connectivity index (χ4n) is 3.48. The van der Waals surface area contributed by atoms with Crippen LogP contribution in [0.5, 0.6) is 23.0 Å². The molecule has 0 saturated carbocycles. The number of ether oxygens (including phenoxy) is 4. The summed E-state index contributed by atoms with van der Waals surface area (Å²) in [5.41, 5.74) is 2.94. The van der Waals surface area contributed by atoms with E-state index >= 15 is 0 Å². The molecule has 0 bridgehead atoms. The number of hydrogen-bond acceptors (Lipinski definition) is 8. The third kappa shape index (κ3) is 3.77. The van der Waals surface area contributed by atoms with Gasteiger partial charge in [-0.25, -0.2) is 9.97 Å². The van der Waals surface area contributed by atoms with Gasteiger partial charge in [-0.05, 0) is 48.2 Å². The monoisotopic (exact) mass is 454 g/mol. The molecule has 0 aliphatic rings. The molecule has 0 aliphatic carbocycles. The van der Waals surface area contributed by atoms with Gasteiger partial charge < -0.3 is 18.9 Å². The predicted molar refractivity (Wildman–Crippen MR) is 126 cm³/mol. The minimum absolute atomic E-state index is 0.546. The van der Waals surface area contributed by atoms with Crippen molar-refractivity contribution in [2.45, 2.75) is 5.16 Å². The maximum atomic E-state index is 5.79. The van der Waals surface area contributed by atoms with Crippen molar-refractivity contribution in [3.63, 3.8) is 0 Å². The van der Waals surface area contributed by atoms with Gasteiger partial charge in [0.05, 0.1) is 28.4 Å². The van der Waals surface area contributed by atoms with Gasteiger partial charge in [0, 0.05) is 27.6 Å². The van der Waals surface area contributed by atoms with Gasteiger partial charge in [-0.3, -0.25) is 0 Å². The molecule has 6 nitrogen and oxygen atoms in total. The van der Waals surface area contributed by atoms with E-state index in [2.05, 4.69) is 4.98 Å². The SMILES string of the molecule is COc1ccc(-c2sc3nc(SC)ncc3c2-c2ccc(OC)c(OC)c2OC)cc1. The van der Waals surface area contributed by atoms with Crippen LogP contribution >= 0.6 is 23.1 Å². The molecule has 0 radical (unpaired) electrons. The summed E-state index contributed by atoms with van der Waals surface area (Å²) in [5, 5.41) is 1.69. The highest BCUT2D eigenvalue weighted by Gasteiger charge is 2.24. The van der Waals surface area contributed by atoms with Gasteiger partial charge in [0.1, 0.15) is 10.6 Å². The lowest BCUT2D eigenvalue weighted by Gasteiger charge is -2.16. The maximum absolute atomic E-state index is 5.79. The zero-order valence-electron chi connectivity index (χ0n) is 17.9. The van der Waals surface area contributed by atoms with Crippen molar-refractivity contribution in [1.82, 2.24) is 9.97 Å². The first-order valence-electron chi connectivity index (χ1n) is 9.42. The van der Waals surface area contributed by atoms with Crippen LogP contribution < -0.4 is 18.9 Å². The molecule has 2 aromatic carbocycles. The van der Waals surface area contributed by atoms with Gasteiger partial charge >= 0.3 is 0 Å². The number of thiophene rings is 1. The molecule has 0 saturated heterocycles. The minimum Gasteiger partial charge on any atom is -0.497 e. The molecular weight excluding hydrogens is 432 g/mol. The Morgan fingerprint density at radius 1 is 0.839 bits per heavy atom. The first kappa shape index (κ1) is 21.3. The molecule has 0 fully saturated rings. The lowest BCUT2D eigenvalue weighted by atomic mass is 9.98. The van der Waals surface area contributed by atoms with Gasteiger partial charge in [-0.15, -0.1) is 11.3 Å². The highest BCUT2D eigenvalue weighted by Crippen LogP contribution is 2.51. The van der Waals surface area contributed by atoms with E-state index in [1.165, 1.54) is 11.8 Å². The van der Waals surface area contributed by atoms with Crippen LogP contribution in [0.1, 0.15) is 0 Å². The summed E-state index contributed by atoms with van der Waals surface area (Å²) in [7, 11) is 6.50. The van der Waals surface area contributed by atoms with Crippen molar-refractivity contribution in [2.24, 2.45) is 0 Å². The van der Waals surface area contributed by atoms with Gasteiger partial charge in [-0.2, -0.15) is 0 Å². The summed E-state index contributed by atoms with van der Waals surface area (Å²) in [6.45, 7) is 0. The van der Waals surface area contributed by atoms with E-state index in [0.717, 1.165) is 42.7 Å². The zero-order valence-corrected chi connectivity index (χ0v) is 19.5. The molecule has 0 unspecified atom stereocenters. The minimum atomic E-state index is 0.546. The Hall–Kier alpha value is -2.97. The average molecular weight is 455 g/mol. The van der Waals surface area contributed by atoms with Crippen LogP contribution in [-0.4, -0.2) is 44.7 Å². The van der Waals surface area contributed by atoms with E-state index in [9.17, 15) is 0 Å². The molecule has 0 N–H and O–H groups in total. The summed E-state index contributed by atoms with van der Waals surface area (Å²) >= 11 is 3.15. The number of nitrogens with zero attached hydrogens (tertiary/aromatic N) is 2. The smallest absolute Gasteiger partial charge is 0.203 e. The summed E-state index contributed by atoms with van der Waals surface area (Å²) in [6, 6.07) is 11.9. The van der Waals surface area contributed by atoms with E-state index in [0.29, 0.717) is 17.2 Å². The Balaban J connectivity index is 2.04. The molecule has 0 aliphatic heterocycles. The van der Waals surface area contributed by atoms with E-state index in [1.807, 2.05) is 48.9 Å². The number of rotatable bonds is 7. The largest absolute Gasteiger partial charge is 0.497 e. The summed E-state index contributed by atoms with van der Waals surface area (Å²) < 4.78 is 22.2. The van der Waals surface area contributed by atoms with Crippen molar-refractivity contribution < 1.29 is 18.9 Å². The topological polar surface area (TPSA) is 62.7 Å². The third-order valence-corrected chi connectivity index (χ3v) is 6.65. The van der Waals surface area contributed by atoms with E-state index in [4.69, 9.17) is 23.9 Å². The van der Waals surface area contributed by atoms with Crippen LogP contribution in [0, 0.1) is 0 Å². The molecule has 31 heavy (non-hydrogen) atoms. The normalized spacial score (nSPS) is 10.9. The van der Waals surface area contributed by atoms with Crippen LogP contribution in [0.25, 0.3) is 31.8 Å². The quantitative estimate of drug-likeness (QED) is 0.259. The number of hydrogen-bond donors (Lipinski definition) is 0. The molecule has 2 aromatic heterocycles. The van der Waals surface area contributed by atoms with E-state index in [1.54, 1.807) is 39.8 Å². The third-order valence-electron chi connectivity index (χ3n) is 4.94. The van der Waals surface area contributed by atoms with Crippen LogP contribution in [0.3, 0.4) is 0 Å². The summed E-state index contributed by atoms with van der Waals surface area (Å²) in [5.74, 6) is 2.56. The van der Waals surface area contributed by atoms with Crippen molar-refractivity contribution >= 4 is 33.3 Å². The Morgan fingerprint density at radius 3 is 2.19 bits per heavy atom. The summed E-state index contributed by atoms with van der Waals surface area (Å²) in [6.07, 6.45) is 3.85. The molecule has 8 heteroatoms. The van der Waals surface area contributed by atoms with E-state index < -0.39 is 0 Å². The molecular formula is C23H22N2O4S2. The van der Waals surface area contributed by atoms with Crippen molar-refractivity contribution in [1.29, 1.82) is 0 Å². The fraction of sp³-hybridized carbons (Fsp3) is 0.217. The second kappa shape index (κ2) is 9.03. The standard InChI is InChI=1S/C23H22N2O4S2/c1-26-14-8-6-13(7-9-14)21-18(16-12-24-23(30-5)25-22(16)31-21)15-10-11-17(27-2)20(29-4)19(15)28-3/h6-12H,1-5H3. The number of methoxy groups -OCH3 is 4. The van der Waals surface area contributed by atoms with Gasteiger partial charge in [0.25, 0.3) is 0 Å². The molecule has 0 spiro atoms. The number of benzene rings is 2. The van der Waals surface area contributed by atoms with Gasteiger partial charge in [0.2, 0.25) is 5.75 Å². The molecule has 4 rings (SSSR count). The van der Waals surface area contributed by atoms with Crippen molar-refractivity contribution in [3.8, 4) is 44.6 Å². The lowest BCUT2D eigenvalue weighted by Crippen LogP contribution is -1.97. The number of aromatic nitrogens is 2. The molecule has 4 aromatic rings. The molecule has 0 amide bonds. The Labute approximate surface area is 189 Å². The summed E-state index contributed by atoms with van der Waals surface area (Å²) in [4.78, 5) is 11.2. The van der Waals surface area contributed by atoms with Crippen molar-refractivity contribution in [2.75, 3.05) is 34.7 Å². The highest BCUT2D eigenvalue weighted by molar-refractivity contribution is 7.98. The van der Waals surface area contributed by atoms with Crippen molar-refractivity contribution in [3.05, 3.63) is 42.6 Å². The van der Waals surface area contributed by atoms with Gasteiger partial charge in [-0.1, -0.05) is 11.8 Å². The van der Waals surface area contributed by atoms with Crippen LogP contribution in [-0.2, 0) is 0 Å². The zero-order chi connectivity index (χ0) is 22.0. The Morgan fingerprint density at radius 2 is 1.58 bits per heavy atom. The van der Waals surface area contributed by atoms with Gasteiger partial charge in [0.15, 0.2) is 16.7 Å². The number of thioether (sulfide) groups is 1. The van der Waals surface area contributed by atoms with Crippen LogP contribution in [0.15, 0.2) is 47.8 Å². The number of fused-ring (bicyclic) bond motifs is 1. The fourth-order valence-corrected chi connectivity index (χ4v) is 5.04. The maximum Gasteiger partial charge on any atom is 0.203 e. The van der Waals surface area contributed by atoms with Crippen LogP contribution in [0.2, 0.25) is 0 Å². The lowest BCUT2D eigenvalue weighted by molar-refractivity contribution is 0.325. The molecule has 2 heterocycles. The first-order chi connectivity index (χ1) is 15.1. The molecule has 0 atom stereocenters.